The van der Waals surface area contributed by atoms with E-state index in [0.29, 0.717) is 16.1 Å². The zero-order valence-corrected chi connectivity index (χ0v) is 18.0. The molecular formula is C21H16ClF3N4O2S. The zero-order chi connectivity index (χ0) is 23.3. The molecule has 0 bridgehead atoms. The Morgan fingerprint density at radius 3 is 2.38 bits per heavy atom. The highest BCUT2D eigenvalue weighted by Gasteiger charge is 2.33. The second kappa shape index (κ2) is 9.92. The van der Waals surface area contributed by atoms with Gasteiger partial charge in [0.25, 0.3) is 5.91 Å². The van der Waals surface area contributed by atoms with Gasteiger partial charge in [-0.15, -0.1) is 0 Å². The molecule has 32 heavy (non-hydrogen) atoms. The minimum atomic E-state index is -4.66. The van der Waals surface area contributed by atoms with Gasteiger partial charge in [0, 0.05) is 40.5 Å². The van der Waals surface area contributed by atoms with E-state index in [1.54, 1.807) is 30.6 Å². The van der Waals surface area contributed by atoms with Crippen LogP contribution in [-0.4, -0.2) is 24.0 Å². The molecule has 166 valence electrons. The van der Waals surface area contributed by atoms with Crippen molar-refractivity contribution in [1.29, 1.82) is 0 Å². The summed E-state index contributed by atoms with van der Waals surface area (Å²) in [5.74, 6) is -0.307. The monoisotopic (exact) mass is 480 g/mol. The van der Waals surface area contributed by atoms with Crippen molar-refractivity contribution in [2.24, 2.45) is 0 Å². The van der Waals surface area contributed by atoms with Gasteiger partial charge in [-0.1, -0.05) is 23.4 Å². The van der Waals surface area contributed by atoms with Crippen LogP contribution in [-0.2, 0) is 6.18 Å². The molecule has 0 saturated carbocycles. The number of hydrogen-bond donors (Lipinski definition) is 3. The van der Waals surface area contributed by atoms with Crippen LogP contribution in [0.4, 0.5) is 29.3 Å². The molecule has 0 radical (unpaired) electrons. The first kappa shape index (κ1) is 23.4. The largest absolute Gasteiger partial charge is 0.417 e. The lowest BCUT2D eigenvalue weighted by Gasteiger charge is -2.14. The number of benzene rings is 2. The van der Waals surface area contributed by atoms with Gasteiger partial charge in [-0.05, 0) is 48.5 Å². The normalized spacial score (nSPS) is 11.0. The molecule has 0 atom stereocenters. The van der Waals surface area contributed by atoms with Gasteiger partial charge in [0.15, 0.2) is 0 Å². The number of carbonyl (C=O) groups is 2. The van der Waals surface area contributed by atoms with Crippen LogP contribution in [0.5, 0.6) is 0 Å². The van der Waals surface area contributed by atoms with Gasteiger partial charge >= 0.3 is 12.2 Å². The summed E-state index contributed by atoms with van der Waals surface area (Å²) in [5, 5.41) is 7.02. The van der Waals surface area contributed by atoms with E-state index in [-0.39, 0.29) is 11.6 Å². The average molecular weight is 481 g/mol. The Morgan fingerprint density at radius 1 is 1.00 bits per heavy atom. The quantitative estimate of drug-likeness (QED) is 0.424. The third kappa shape index (κ3) is 5.92. The molecule has 0 spiro atoms. The SMILES string of the molecule is CNC(=O)c1ccc(NC(=O)Nc2ccc(Cl)c(C(F)(F)F)c2)c(Sc2ccncc2)c1. The maximum Gasteiger partial charge on any atom is 0.417 e. The van der Waals surface area contributed by atoms with E-state index < -0.39 is 22.8 Å². The maximum atomic E-state index is 13.1. The Bertz CT molecular complexity index is 1140. The van der Waals surface area contributed by atoms with Crippen molar-refractivity contribution in [3.8, 4) is 0 Å². The molecular weight excluding hydrogens is 465 g/mol. The van der Waals surface area contributed by atoms with E-state index in [1.165, 1.54) is 37.0 Å². The molecule has 0 aliphatic rings. The van der Waals surface area contributed by atoms with Gasteiger partial charge in [0.1, 0.15) is 0 Å². The standard InChI is InChI=1S/C21H16ClF3N4O2S/c1-26-19(30)12-2-5-17(18(10-12)32-14-6-8-27-9-7-14)29-20(31)28-13-3-4-16(22)15(11-13)21(23,24)25/h2-11H,1H3,(H,26,30)(H2,28,29,31). The molecule has 6 nitrogen and oxygen atoms in total. The molecule has 0 aliphatic heterocycles. The van der Waals surface area contributed by atoms with Crippen molar-refractivity contribution in [3.63, 3.8) is 0 Å². The maximum absolute atomic E-state index is 13.1. The summed E-state index contributed by atoms with van der Waals surface area (Å²) < 4.78 is 39.2. The molecule has 3 amide bonds. The highest BCUT2D eigenvalue weighted by atomic mass is 35.5. The number of nitrogens with one attached hydrogen (secondary N) is 3. The molecule has 3 aromatic rings. The van der Waals surface area contributed by atoms with E-state index in [1.807, 2.05) is 0 Å². The Balaban J connectivity index is 1.84. The number of hydrogen-bond acceptors (Lipinski definition) is 4. The van der Waals surface area contributed by atoms with E-state index in [0.717, 1.165) is 17.0 Å². The second-order valence-corrected chi connectivity index (χ2v) is 7.87. The molecule has 0 aliphatic carbocycles. The van der Waals surface area contributed by atoms with Crippen molar-refractivity contribution in [2.45, 2.75) is 16.0 Å². The predicted molar refractivity (Wildman–Crippen MR) is 117 cm³/mol. The fourth-order valence-electron chi connectivity index (χ4n) is 2.63. The summed E-state index contributed by atoms with van der Waals surface area (Å²) in [6.07, 6.45) is -1.46. The van der Waals surface area contributed by atoms with Gasteiger partial charge < -0.3 is 16.0 Å². The lowest BCUT2D eigenvalue weighted by Crippen LogP contribution is -2.21. The molecule has 2 aromatic carbocycles. The summed E-state index contributed by atoms with van der Waals surface area (Å²) in [6.45, 7) is 0. The molecule has 0 unspecified atom stereocenters. The van der Waals surface area contributed by atoms with E-state index >= 15 is 0 Å². The number of aromatic nitrogens is 1. The van der Waals surface area contributed by atoms with Crippen molar-refractivity contribution in [2.75, 3.05) is 17.7 Å². The van der Waals surface area contributed by atoms with Crippen LogP contribution in [0, 0.1) is 0 Å². The summed E-state index contributed by atoms with van der Waals surface area (Å²) in [5.41, 5.74) is -0.394. The first-order valence-corrected chi connectivity index (χ1v) is 10.3. The van der Waals surface area contributed by atoms with Crippen LogP contribution in [0.15, 0.2) is 70.7 Å². The van der Waals surface area contributed by atoms with Crippen LogP contribution in [0.25, 0.3) is 0 Å². The van der Waals surface area contributed by atoms with E-state index in [9.17, 15) is 22.8 Å². The molecule has 3 rings (SSSR count). The van der Waals surface area contributed by atoms with E-state index in [2.05, 4.69) is 20.9 Å². The van der Waals surface area contributed by atoms with Crippen LogP contribution < -0.4 is 16.0 Å². The number of rotatable bonds is 5. The number of alkyl halides is 3. The smallest absolute Gasteiger partial charge is 0.355 e. The highest BCUT2D eigenvalue weighted by Crippen LogP contribution is 2.37. The lowest BCUT2D eigenvalue weighted by molar-refractivity contribution is -0.137. The molecule has 1 aromatic heterocycles. The van der Waals surface area contributed by atoms with Gasteiger partial charge in [-0.25, -0.2) is 4.79 Å². The second-order valence-electron chi connectivity index (χ2n) is 6.35. The van der Waals surface area contributed by atoms with Gasteiger partial charge in [-0.3, -0.25) is 9.78 Å². The topological polar surface area (TPSA) is 83.1 Å². The fourth-order valence-corrected chi connectivity index (χ4v) is 3.79. The third-order valence-corrected chi connectivity index (χ3v) is 5.52. The average Bonchev–Trinajstić information content (AvgIpc) is 2.75. The Morgan fingerprint density at radius 2 is 1.72 bits per heavy atom. The van der Waals surface area contributed by atoms with Gasteiger partial charge in [-0.2, -0.15) is 13.2 Å². The number of anilines is 2. The van der Waals surface area contributed by atoms with E-state index in [4.69, 9.17) is 11.6 Å². The first-order valence-electron chi connectivity index (χ1n) is 9.06. The van der Waals surface area contributed by atoms with Crippen molar-refractivity contribution in [3.05, 3.63) is 77.1 Å². The molecule has 0 fully saturated rings. The summed E-state index contributed by atoms with van der Waals surface area (Å²) in [6, 6.07) is 10.5. The number of nitrogens with zero attached hydrogens (tertiary/aromatic N) is 1. The number of amides is 3. The Hall–Kier alpha value is -3.24. The number of carbonyl (C=O) groups excluding carboxylic acids is 2. The number of halogens is 4. The third-order valence-electron chi connectivity index (χ3n) is 4.13. The molecule has 3 N–H and O–H groups in total. The van der Waals surface area contributed by atoms with Crippen LogP contribution in [0.1, 0.15) is 15.9 Å². The van der Waals surface area contributed by atoms with Gasteiger partial charge in [0.2, 0.25) is 0 Å². The summed E-state index contributed by atoms with van der Waals surface area (Å²) >= 11 is 6.89. The summed E-state index contributed by atoms with van der Waals surface area (Å²) in [4.78, 5) is 29.8. The fraction of sp³-hybridized carbons (Fsp3) is 0.0952. The van der Waals surface area contributed by atoms with Crippen molar-refractivity contribution in [1.82, 2.24) is 10.3 Å². The molecule has 0 saturated heterocycles. The van der Waals surface area contributed by atoms with Crippen molar-refractivity contribution >= 4 is 46.7 Å². The predicted octanol–water partition coefficient (Wildman–Crippen LogP) is 5.91. The Kier molecular flexibility index (Phi) is 7.26. The summed E-state index contributed by atoms with van der Waals surface area (Å²) in [7, 11) is 1.50. The highest BCUT2D eigenvalue weighted by molar-refractivity contribution is 7.99. The minimum Gasteiger partial charge on any atom is -0.355 e. The zero-order valence-electron chi connectivity index (χ0n) is 16.5. The van der Waals surface area contributed by atoms with Gasteiger partial charge in [0.05, 0.1) is 16.3 Å². The first-order chi connectivity index (χ1) is 15.2. The van der Waals surface area contributed by atoms with Crippen molar-refractivity contribution < 1.29 is 22.8 Å². The van der Waals surface area contributed by atoms with Crippen LogP contribution >= 0.6 is 23.4 Å². The molecule has 1 heterocycles. The number of urea groups is 1. The number of pyridine rings is 1. The van der Waals surface area contributed by atoms with Crippen LogP contribution in [0.3, 0.4) is 0 Å². The molecule has 11 heteroatoms. The van der Waals surface area contributed by atoms with Crippen LogP contribution in [0.2, 0.25) is 5.02 Å². The Labute approximate surface area is 190 Å². The minimum absolute atomic E-state index is 0.0791. The lowest BCUT2D eigenvalue weighted by atomic mass is 10.2.